The van der Waals surface area contributed by atoms with Gasteiger partial charge in [0, 0.05) is 11.4 Å². The van der Waals surface area contributed by atoms with Gasteiger partial charge in [0.2, 0.25) is 0 Å². The zero-order valence-corrected chi connectivity index (χ0v) is 9.22. The van der Waals surface area contributed by atoms with Crippen LogP contribution in [0.2, 0.25) is 0 Å². The summed E-state index contributed by atoms with van der Waals surface area (Å²) in [6.45, 7) is 0. The summed E-state index contributed by atoms with van der Waals surface area (Å²) in [7, 11) is 0. The summed E-state index contributed by atoms with van der Waals surface area (Å²) in [5, 5.41) is 20.9. The minimum atomic E-state index is 0.250. The van der Waals surface area contributed by atoms with E-state index in [0.717, 1.165) is 16.9 Å². The lowest BCUT2D eigenvalue weighted by Crippen LogP contribution is -1.90. The van der Waals surface area contributed by atoms with E-state index in [0.29, 0.717) is 6.42 Å². The van der Waals surface area contributed by atoms with Crippen molar-refractivity contribution in [1.82, 2.24) is 0 Å². The molecule has 0 aliphatic rings. The van der Waals surface area contributed by atoms with Crippen molar-refractivity contribution < 1.29 is 5.11 Å². The summed E-state index contributed by atoms with van der Waals surface area (Å²) in [6.07, 6.45) is 0.430. The lowest BCUT2D eigenvalue weighted by atomic mass is 10.1. The molecule has 0 radical (unpaired) electrons. The maximum atomic E-state index is 9.16. The van der Waals surface area contributed by atoms with E-state index in [9.17, 15) is 0 Å². The lowest BCUT2D eigenvalue weighted by Gasteiger charge is -2.06. The average Bonchev–Trinajstić information content (AvgIpc) is 2.35. The Labute approximate surface area is 100.0 Å². The van der Waals surface area contributed by atoms with Gasteiger partial charge in [0.1, 0.15) is 5.75 Å². The van der Waals surface area contributed by atoms with Crippen LogP contribution >= 0.6 is 0 Å². The van der Waals surface area contributed by atoms with E-state index in [2.05, 4.69) is 11.4 Å². The minimum Gasteiger partial charge on any atom is -0.508 e. The fourth-order valence-corrected chi connectivity index (χ4v) is 1.51. The maximum absolute atomic E-state index is 9.16. The Bertz CT molecular complexity index is 524. The fraction of sp³-hybridized carbons (Fsp3) is 0.0714. The van der Waals surface area contributed by atoms with Crippen molar-refractivity contribution in [2.24, 2.45) is 0 Å². The largest absolute Gasteiger partial charge is 0.508 e. The number of aromatic hydroxyl groups is 1. The molecule has 2 aromatic carbocycles. The molecule has 0 aromatic heterocycles. The number of nitrogens with one attached hydrogen (secondary N) is 1. The van der Waals surface area contributed by atoms with Crippen LogP contribution < -0.4 is 5.32 Å². The van der Waals surface area contributed by atoms with Crippen LogP contribution in [0.15, 0.2) is 48.5 Å². The molecule has 0 saturated heterocycles. The van der Waals surface area contributed by atoms with Gasteiger partial charge in [-0.15, -0.1) is 0 Å². The van der Waals surface area contributed by atoms with Gasteiger partial charge in [-0.3, -0.25) is 0 Å². The highest BCUT2D eigenvalue weighted by Gasteiger charge is 1.96. The number of benzene rings is 2. The third-order valence-electron chi connectivity index (χ3n) is 2.39. The quantitative estimate of drug-likeness (QED) is 0.787. The van der Waals surface area contributed by atoms with E-state index in [4.69, 9.17) is 10.4 Å². The number of nitriles is 1. The predicted molar refractivity (Wildman–Crippen MR) is 67.1 cm³/mol. The van der Waals surface area contributed by atoms with Gasteiger partial charge in [0.05, 0.1) is 12.5 Å². The van der Waals surface area contributed by atoms with Gasteiger partial charge in [0.15, 0.2) is 0 Å². The van der Waals surface area contributed by atoms with Crippen LogP contribution in [-0.2, 0) is 6.42 Å². The Morgan fingerprint density at radius 3 is 2.00 bits per heavy atom. The van der Waals surface area contributed by atoms with E-state index in [1.807, 2.05) is 24.3 Å². The summed E-state index contributed by atoms with van der Waals surface area (Å²) in [4.78, 5) is 0. The number of rotatable bonds is 3. The van der Waals surface area contributed by atoms with Crippen LogP contribution in [0.4, 0.5) is 11.4 Å². The van der Waals surface area contributed by atoms with Crippen LogP contribution in [-0.4, -0.2) is 5.11 Å². The first-order valence-corrected chi connectivity index (χ1v) is 5.30. The fourth-order valence-electron chi connectivity index (χ4n) is 1.51. The van der Waals surface area contributed by atoms with Gasteiger partial charge in [-0.2, -0.15) is 5.26 Å². The van der Waals surface area contributed by atoms with Gasteiger partial charge in [0.25, 0.3) is 0 Å². The van der Waals surface area contributed by atoms with Crippen molar-refractivity contribution >= 4 is 11.4 Å². The van der Waals surface area contributed by atoms with Crippen LogP contribution in [0.25, 0.3) is 0 Å². The van der Waals surface area contributed by atoms with Crippen LogP contribution in [0.3, 0.4) is 0 Å². The molecule has 0 heterocycles. The Kier molecular flexibility index (Phi) is 3.27. The summed E-state index contributed by atoms with van der Waals surface area (Å²) in [5.74, 6) is 0.250. The van der Waals surface area contributed by atoms with Crippen LogP contribution in [0.1, 0.15) is 5.56 Å². The van der Waals surface area contributed by atoms with Gasteiger partial charge >= 0.3 is 0 Å². The first-order valence-electron chi connectivity index (χ1n) is 5.30. The molecule has 17 heavy (non-hydrogen) atoms. The molecule has 2 N–H and O–H groups in total. The molecule has 0 aliphatic carbocycles. The molecule has 0 aliphatic heterocycles. The van der Waals surface area contributed by atoms with E-state index < -0.39 is 0 Å². The van der Waals surface area contributed by atoms with Crippen molar-refractivity contribution in [3.05, 3.63) is 54.1 Å². The Balaban J connectivity index is 2.09. The standard InChI is InChI=1S/C14H12N2O/c15-10-9-11-1-3-12(4-2-11)16-13-5-7-14(17)8-6-13/h1-8,16-17H,9H2. The molecule has 0 saturated carbocycles. The van der Waals surface area contributed by atoms with E-state index in [1.54, 1.807) is 24.3 Å². The minimum absolute atomic E-state index is 0.250. The third kappa shape index (κ3) is 2.99. The van der Waals surface area contributed by atoms with Crippen LogP contribution in [0, 0.1) is 11.3 Å². The highest BCUT2D eigenvalue weighted by atomic mass is 16.3. The molecular formula is C14H12N2O. The Hall–Kier alpha value is -2.47. The SMILES string of the molecule is N#CCc1ccc(Nc2ccc(O)cc2)cc1. The number of hydrogen-bond donors (Lipinski definition) is 2. The molecule has 0 spiro atoms. The topological polar surface area (TPSA) is 56.0 Å². The molecule has 84 valence electrons. The van der Waals surface area contributed by atoms with Crippen LogP contribution in [0.5, 0.6) is 5.75 Å². The summed E-state index contributed by atoms with van der Waals surface area (Å²) in [5.41, 5.74) is 2.87. The third-order valence-corrected chi connectivity index (χ3v) is 2.39. The zero-order chi connectivity index (χ0) is 12.1. The molecule has 3 nitrogen and oxygen atoms in total. The number of phenols is 1. The summed E-state index contributed by atoms with van der Waals surface area (Å²) in [6, 6.07) is 16.7. The smallest absolute Gasteiger partial charge is 0.115 e. The average molecular weight is 224 g/mol. The monoisotopic (exact) mass is 224 g/mol. The van der Waals surface area contributed by atoms with Crippen molar-refractivity contribution in [3.63, 3.8) is 0 Å². The van der Waals surface area contributed by atoms with Crippen molar-refractivity contribution in [2.75, 3.05) is 5.32 Å². The maximum Gasteiger partial charge on any atom is 0.115 e. The van der Waals surface area contributed by atoms with Crippen molar-refractivity contribution in [3.8, 4) is 11.8 Å². The highest BCUT2D eigenvalue weighted by Crippen LogP contribution is 2.19. The predicted octanol–water partition coefficient (Wildman–Crippen LogP) is 3.20. The zero-order valence-electron chi connectivity index (χ0n) is 9.22. The number of nitrogens with zero attached hydrogens (tertiary/aromatic N) is 1. The molecule has 3 heteroatoms. The Morgan fingerprint density at radius 1 is 0.941 bits per heavy atom. The summed E-state index contributed by atoms with van der Waals surface area (Å²) >= 11 is 0. The molecule has 2 rings (SSSR count). The van der Waals surface area contributed by atoms with Crippen molar-refractivity contribution in [2.45, 2.75) is 6.42 Å². The molecular weight excluding hydrogens is 212 g/mol. The number of anilines is 2. The number of phenolic OH excluding ortho intramolecular Hbond substituents is 1. The van der Waals surface area contributed by atoms with E-state index in [-0.39, 0.29) is 5.75 Å². The van der Waals surface area contributed by atoms with Gasteiger partial charge in [-0.1, -0.05) is 12.1 Å². The van der Waals surface area contributed by atoms with Gasteiger partial charge in [-0.05, 0) is 42.0 Å². The normalized spacial score (nSPS) is 9.59. The Morgan fingerprint density at radius 2 is 1.47 bits per heavy atom. The second-order valence-corrected chi connectivity index (χ2v) is 3.70. The van der Waals surface area contributed by atoms with E-state index >= 15 is 0 Å². The highest BCUT2D eigenvalue weighted by molar-refractivity contribution is 5.60. The number of hydrogen-bond acceptors (Lipinski definition) is 3. The second kappa shape index (κ2) is 5.04. The molecule has 0 unspecified atom stereocenters. The van der Waals surface area contributed by atoms with Crippen molar-refractivity contribution in [1.29, 1.82) is 5.26 Å². The molecule has 0 fully saturated rings. The van der Waals surface area contributed by atoms with E-state index in [1.165, 1.54) is 0 Å². The molecule has 0 amide bonds. The summed E-state index contributed by atoms with van der Waals surface area (Å²) < 4.78 is 0. The molecule has 0 atom stereocenters. The molecule has 0 bridgehead atoms. The van der Waals surface area contributed by atoms with Gasteiger partial charge in [-0.25, -0.2) is 0 Å². The lowest BCUT2D eigenvalue weighted by molar-refractivity contribution is 0.475. The first-order chi connectivity index (χ1) is 8.28. The molecule has 2 aromatic rings. The second-order valence-electron chi connectivity index (χ2n) is 3.70. The van der Waals surface area contributed by atoms with Gasteiger partial charge < -0.3 is 10.4 Å². The first kappa shape index (κ1) is 11.0.